The maximum Gasteiger partial charge on any atom is 0.220 e. The van der Waals surface area contributed by atoms with Crippen molar-refractivity contribution in [3.63, 3.8) is 0 Å². The number of aliphatic hydroxyl groups excluding tert-OH is 11. The minimum absolute atomic E-state index is 0.254. The van der Waals surface area contributed by atoms with Crippen LogP contribution in [-0.2, 0) is 33.2 Å². The van der Waals surface area contributed by atoms with Gasteiger partial charge in [0.25, 0.3) is 0 Å². The molecule has 0 bridgehead atoms. The summed E-state index contributed by atoms with van der Waals surface area (Å²) in [5.41, 5.74) is 0. The fourth-order valence-corrected chi connectivity index (χ4v) is 7.52. The predicted molar refractivity (Wildman–Crippen MR) is 213 cm³/mol. The summed E-state index contributed by atoms with van der Waals surface area (Å²) in [5, 5.41) is 119. The summed E-state index contributed by atoms with van der Waals surface area (Å²) in [6.45, 7) is 1.53. The highest BCUT2D eigenvalue weighted by Crippen LogP contribution is 2.33. The van der Waals surface area contributed by atoms with Gasteiger partial charge in [-0.2, -0.15) is 0 Å². The molecule has 60 heavy (non-hydrogen) atoms. The van der Waals surface area contributed by atoms with Crippen molar-refractivity contribution < 1.29 is 89.4 Å². The molecule has 0 aromatic heterocycles. The van der Waals surface area contributed by atoms with E-state index in [1.54, 1.807) is 0 Å². The molecule has 3 rings (SSSR count). The van der Waals surface area contributed by atoms with Gasteiger partial charge in [0.05, 0.1) is 38.6 Å². The van der Waals surface area contributed by atoms with Gasteiger partial charge in [-0.15, -0.1) is 0 Å². The van der Waals surface area contributed by atoms with Gasteiger partial charge < -0.3 is 89.9 Å². The molecule has 1 amide bonds. The Morgan fingerprint density at radius 1 is 0.583 bits per heavy atom. The van der Waals surface area contributed by atoms with Gasteiger partial charge in [-0.25, -0.2) is 0 Å². The van der Waals surface area contributed by atoms with Gasteiger partial charge in [0, 0.05) is 6.42 Å². The first-order valence-electron chi connectivity index (χ1n) is 21.9. The molecule has 3 saturated heterocycles. The topological polar surface area (TPSA) is 307 Å². The number of ether oxygens (including phenoxy) is 6. The van der Waals surface area contributed by atoms with Crippen LogP contribution in [0.25, 0.3) is 0 Å². The van der Waals surface area contributed by atoms with Crippen molar-refractivity contribution in [2.45, 2.75) is 214 Å². The van der Waals surface area contributed by atoms with Gasteiger partial charge in [-0.3, -0.25) is 4.79 Å². The van der Waals surface area contributed by atoms with Gasteiger partial charge in [-0.05, 0) is 32.1 Å². The van der Waals surface area contributed by atoms with E-state index in [1.165, 1.54) is 12.8 Å². The molecule has 19 nitrogen and oxygen atoms in total. The molecule has 17 unspecified atom stereocenters. The van der Waals surface area contributed by atoms with Crippen LogP contribution >= 0.6 is 0 Å². The first-order chi connectivity index (χ1) is 28.8. The highest BCUT2D eigenvalue weighted by molar-refractivity contribution is 5.76. The minimum atomic E-state index is -1.97. The summed E-state index contributed by atoms with van der Waals surface area (Å²) in [5.74, 6) is -0.267. The lowest BCUT2D eigenvalue weighted by atomic mass is 9.96. The van der Waals surface area contributed by atoms with Crippen molar-refractivity contribution in [3.05, 3.63) is 12.2 Å². The van der Waals surface area contributed by atoms with E-state index in [-0.39, 0.29) is 18.9 Å². The molecule has 17 atom stereocenters. The Hall–Kier alpha value is -1.47. The number of carbonyl (C=O) groups excluding carboxylic acids is 1. The summed E-state index contributed by atoms with van der Waals surface area (Å²) >= 11 is 0. The van der Waals surface area contributed by atoms with E-state index in [0.29, 0.717) is 19.3 Å². The van der Waals surface area contributed by atoms with E-state index in [2.05, 4.69) is 31.3 Å². The van der Waals surface area contributed by atoms with Crippen LogP contribution in [0.4, 0.5) is 0 Å². The first kappa shape index (κ1) is 52.9. The van der Waals surface area contributed by atoms with Gasteiger partial charge in [0.15, 0.2) is 18.9 Å². The number of unbranched alkanes of at least 4 members (excludes halogenated alkanes) is 10. The zero-order valence-electron chi connectivity index (χ0n) is 35.2. The third kappa shape index (κ3) is 16.0. The van der Waals surface area contributed by atoms with Gasteiger partial charge in [0.2, 0.25) is 5.91 Å². The van der Waals surface area contributed by atoms with Crippen molar-refractivity contribution in [2.75, 3.05) is 26.4 Å². The minimum Gasteiger partial charge on any atom is -0.394 e. The van der Waals surface area contributed by atoms with Crippen LogP contribution in [0.5, 0.6) is 0 Å². The van der Waals surface area contributed by atoms with Gasteiger partial charge in [-0.1, -0.05) is 83.8 Å². The second kappa shape index (κ2) is 28.3. The molecule has 0 aromatic carbocycles. The number of nitrogens with one attached hydrogen (secondary N) is 1. The average molecular weight is 870 g/mol. The Labute approximate surface area is 353 Å². The van der Waals surface area contributed by atoms with E-state index in [1.807, 2.05) is 0 Å². The summed E-state index contributed by atoms with van der Waals surface area (Å²) in [6, 6.07) is -0.881. The second-order valence-electron chi connectivity index (χ2n) is 16.2. The Bertz CT molecular complexity index is 1180. The van der Waals surface area contributed by atoms with E-state index in [4.69, 9.17) is 28.4 Å². The van der Waals surface area contributed by atoms with Crippen molar-refractivity contribution in [2.24, 2.45) is 0 Å². The Morgan fingerprint density at radius 2 is 1.07 bits per heavy atom. The summed E-state index contributed by atoms with van der Waals surface area (Å²) < 4.78 is 33.8. The lowest BCUT2D eigenvalue weighted by molar-refractivity contribution is -0.379. The highest BCUT2D eigenvalue weighted by Gasteiger charge is 2.53. The molecule has 0 aromatic rings. The number of hydrogen-bond donors (Lipinski definition) is 12. The number of rotatable bonds is 28. The first-order valence-corrected chi connectivity index (χ1v) is 21.9. The van der Waals surface area contributed by atoms with E-state index < -0.39 is 124 Å². The molecule has 12 N–H and O–H groups in total. The zero-order valence-corrected chi connectivity index (χ0v) is 35.2. The normalized spacial score (nSPS) is 36.0. The average Bonchev–Trinajstić information content (AvgIpc) is 3.24. The standard InChI is InChI=1S/C41H75NO18/c1-3-5-7-9-10-11-12-13-14-15-17-19-29(47)42-24(25(46)18-16-8-6-4-2)23-55-39-35(53)32(50)37(27(21-44)57-39)60-41-36(54)33(51)38(28(22-45)58-41)59-40-34(52)31(49)30(48)26(20-43)56-40/h9-10,24-28,30-41,43-46,48-54H,3-8,11-23H2,1-2H3,(H,42,47)/b10-9-. The van der Waals surface area contributed by atoms with Crippen LogP contribution < -0.4 is 5.32 Å². The van der Waals surface area contributed by atoms with Crippen LogP contribution in [0.1, 0.15) is 110 Å². The van der Waals surface area contributed by atoms with E-state index in [9.17, 15) is 61.0 Å². The van der Waals surface area contributed by atoms with Crippen molar-refractivity contribution in [3.8, 4) is 0 Å². The largest absolute Gasteiger partial charge is 0.394 e. The summed E-state index contributed by atoms with van der Waals surface area (Å²) in [6.07, 6.45) is -8.48. The van der Waals surface area contributed by atoms with Crippen molar-refractivity contribution in [1.29, 1.82) is 0 Å². The smallest absolute Gasteiger partial charge is 0.220 e. The molecule has 0 saturated carbocycles. The van der Waals surface area contributed by atoms with Crippen LogP contribution in [0.3, 0.4) is 0 Å². The maximum absolute atomic E-state index is 13.0. The maximum atomic E-state index is 13.0. The fourth-order valence-electron chi connectivity index (χ4n) is 7.52. The molecule has 352 valence electrons. The molecule has 3 aliphatic heterocycles. The SMILES string of the molecule is CCCC/C=C\CCCCCCCC(=O)NC(COC1OC(CO)C(OC2OC(CO)C(OC3OC(CO)C(O)C(O)C3O)C(O)C2O)C(O)C1O)C(O)CCCCCC. The third-order valence-corrected chi connectivity index (χ3v) is 11.3. The van der Waals surface area contributed by atoms with Crippen molar-refractivity contribution >= 4 is 5.91 Å². The number of amides is 1. The Balaban J connectivity index is 1.57. The molecular weight excluding hydrogens is 794 g/mol. The van der Waals surface area contributed by atoms with Crippen LogP contribution in [-0.4, -0.2) is 193 Å². The number of carbonyl (C=O) groups is 1. The summed E-state index contributed by atoms with van der Waals surface area (Å²) in [7, 11) is 0. The number of hydrogen-bond acceptors (Lipinski definition) is 18. The van der Waals surface area contributed by atoms with E-state index in [0.717, 1.165) is 57.8 Å². The van der Waals surface area contributed by atoms with Gasteiger partial charge in [0.1, 0.15) is 73.2 Å². The predicted octanol–water partition coefficient (Wildman–Crippen LogP) is -1.26. The van der Waals surface area contributed by atoms with Gasteiger partial charge >= 0.3 is 0 Å². The molecule has 0 radical (unpaired) electrons. The number of aliphatic hydroxyl groups is 11. The van der Waals surface area contributed by atoms with E-state index >= 15 is 0 Å². The molecule has 3 heterocycles. The van der Waals surface area contributed by atoms with Crippen LogP contribution in [0, 0.1) is 0 Å². The van der Waals surface area contributed by atoms with Crippen LogP contribution in [0.2, 0.25) is 0 Å². The van der Waals surface area contributed by atoms with Crippen LogP contribution in [0.15, 0.2) is 12.2 Å². The Kier molecular flexibility index (Phi) is 25.0. The molecule has 0 spiro atoms. The molecular formula is C41H75NO18. The lowest BCUT2D eigenvalue weighted by Crippen LogP contribution is -2.66. The monoisotopic (exact) mass is 869 g/mol. The summed E-state index contributed by atoms with van der Waals surface area (Å²) in [4.78, 5) is 13.0. The highest BCUT2D eigenvalue weighted by atomic mass is 16.8. The number of allylic oxidation sites excluding steroid dienone is 2. The second-order valence-corrected chi connectivity index (χ2v) is 16.2. The molecule has 3 fully saturated rings. The lowest BCUT2D eigenvalue weighted by Gasteiger charge is -2.48. The molecule has 19 heteroatoms. The quantitative estimate of drug-likeness (QED) is 0.0323. The molecule has 0 aliphatic carbocycles. The zero-order chi connectivity index (χ0) is 44.2. The fraction of sp³-hybridized carbons (Fsp3) is 0.927. The third-order valence-electron chi connectivity index (χ3n) is 11.3. The Morgan fingerprint density at radius 3 is 1.65 bits per heavy atom. The van der Waals surface area contributed by atoms with Crippen molar-refractivity contribution in [1.82, 2.24) is 5.32 Å². The molecule has 3 aliphatic rings.